The summed E-state index contributed by atoms with van der Waals surface area (Å²) in [5.74, 6) is -0.692. The number of para-hydroxylation sites is 1. The predicted molar refractivity (Wildman–Crippen MR) is 117 cm³/mol. The Balaban J connectivity index is 1.81. The summed E-state index contributed by atoms with van der Waals surface area (Å²) >= 11 is 12.0. The van der Waals surface area contributed by atoms with Crippen molar-refractivity contribution in [1.29, 1.82) is 0 Å². The van der Waals surface area contributed by atoms with Crippen molar-refractivity contribution in [3.05, 3.63) is 94.0 Å². The summed E-state index contributed by atoms with van der Waals surface area (Å²) in [7, 11) is 0. The maximum atomic E-state index is 13.1. The number of nitrogens with zero attached hydrogens (tertiary/aromatic N) is 1. The van der Waals surface area contributed by atoms with Crippen molar-refractivity contribution < 1.29 is 9.59 Å². The van der Waals surface area contributed by atoms with Crippen LogP contribution in [0.2, 0.25) is 10.0 Å². The number of hydrogen-bond acceptors (Lipinski definition) is 3. The Labute approximate surface area is 176 Å². The minimum absolute atomic E-state index is 0.0672. The lowest BCUT2D eigenvalue weighted by molar-refractivity contribution is 0.0967. The molecule has 0 aliphatic carbocycles. The Hall–Kier alpha value is -3.28. The minimum Gasteiger partial charge on any atom is -0.384 e. The molecule has 0 spiro atoms. The summed E-state index contributed by atoms with van der Waals surface area (Å²) in [4.78, 5) is 26.1. The second-order valence-corrected chi connectivity index (χ2v) is 7.18. The van der Waals surface area contributed by atoms with Crippen molar-refractivity contribution in [2.45, 2.75) is 0 Å². The molecule has 4 rings (SSSR count). The zero-order valence-corrected chi connectivity index (χ0v) is 16.5. The number of anilines is 2. The summed E-state index contributed by atoms with van der Waals surface area (Å²) in [5, 5.41) is 4.04. The highest BCUT2D eigenvalue weighted by Gasteiger charge is 2.24. The van der Waals surface area contributed by atoms with Gasteiger partial charge < -0.3 is 11.1 Å². The van der Waals surface area contributed by atoms with Crippen LogP contribution in [0.25, 0.3) is 10.9 Å². The summed E-state index contributed by atoms with van der Waals surface area (Å²) in [6.45, 7) is 0. The van der Waals surface area contributed by atoms with Crippen LogP contribution in [0.3, 0.4) is 0 Å². The molecule has 7 heteroatoms. The fourth-order valence-electron chi connectivity index (χ4n) is 3.19. The molecule has 0 fully saturated rings. The first-order chi connectivity index (χ1) is 14.0. The molecule has 29 heavy (non-hydrogen) atoms. The van der Waals surface area contributed by atoms with Crippen LogP contribution in [0.1, 0.15) is 20.7 Å². The topological polar surface area (TPSA) is 77.1 Å². The molecule has 3 N–H and O–H groups in total. The van der Waals surface area contributed by atoms with Crippen molar-refractivity contribution in [2.75, 3.05) is 11.1 Å². The third-order valence-corrected chi connectivity index (χ3v) is 5.28. The quantitative estimate of drug-likeness (QED) is 0.458. The molecule has 0 unspecified atom stereocenters. The molecule has 0 aliphatic rings. The largest absolute Gasteiger partial charge is 0.384 e. The fraction of sp³-hybridized carbons (Fsp3) is 0. The Bertz CT molecular complexity index is 1250. The highest BCUT2D eigenvalue weighted by Crippen LogP contribution is 2.31. The van der Waals surface area contributed by atoms with Crippen LogP contribution < -0.4 is 11.1 Å². The van der Waals surface area contributed by atoms with E-state index in [0.29, 0.717) is 32.2 Å². The van der Waals surface area contributed by atoms with Gasteiger partial charge in [-0.15, -0.1) is 0 Å². The van der Waals surface area contributed by atoms with Gasteiger partial charge in [0.25, 0.3) is 11.8 Å². The number of carbonyl (C=O) groups is 2. The lowest BCUT2D eigenvalue weighted by atomic mass is 10.1. The van der Waals surface area contributed by atoms with Crippen LogP contribution in [0.4, 0.5) is 11.5 Å². The van der Waals surface area contributed by atoms with Crippen molar-refractivity contribution >= 4 is 57.4 Å². The van der Waals surface area contributed by atoms with E-state index in [2.05, 4.69) is 5.32 Å². The van der Waals surface area contributed by atoms with E-state index in [0.717, 1.165) is 0 Å². The summed E-state index contributed by atoms with van der Waals surface area (Å²) < 4.78 is 1.36. The number of nitrogen functional groups attached to an aromatic ring is 1. The number of nitrogens with one attached hydrogen (secondary N) is 1. The number of amides is 1. The first kappa shape index (κ1) is 19.1. The highest BCUT2D eigenvalue weighted by molar-refractivity contribution is 6.42. The van der Waals surface area contributed by atoms with E-state index in [9.17, 15) is 9.59 Å². The molecule has 0 saturated heterocycles. The van der Waals surface area contributed by atoms with Crippen LogP contribution in [-0.4, -0.2) is 16.4 Å². The number of nitrogens with two attached hydrogens (primary N) is 1. The predicted octanol–water partition coefficient (Wildman–Crippen LogP) is 5.47. The van der Waals surface area contributed by atoms with E-state index < -0.39 is 5.91 Å². The standard InChI is InChI=1S/C22H15Cl2N3O2/c23-16-11-10-14(12-17(16)24)26-21(28)19-15-8-4-5-9-18(15)27(20(19)25)22(29)13-6-2-1-3-7-13/h1-12H,25H2,(H,26,28). The first-order valence-corrected chi connectivity index (χ1v) is 9.48. The molecule has 4 aromatic rings. The molecular weight excluding hydrogens is 409 g/mol. The van der Waals surface area contributed by atoms with Gasteiger partial charge in [0.2, 0.25) is 0 Å². The molecule has 144 valence electrons. The monoisotopic (exact) mass is 423 g/mol. The van der Waals surface area contributed by atoms with E-state index in [1.807, 2.05) is 6.07 Å². The second-order valence-electron chi connectivity index (χ2n) is 6.37. The fourth-order valence-corrected chi connectivity index (χ4v) is 3.49. The SMILES string of the molecule is Nc1c(C(=O)Nc2ccc(Cl)c(Cl)c2)c2ccccc2n1C(=O)c1ccccc1. The number of carbonyl (C=O) groups excluding carboxylic acids is 2. The summed E-state index contributed by atoms with van der Waals surface area (Å²) in [6, 6.07) is 20.6. The van der Waals surface area contributed by atoms with Crippen LogP contribution in [-0.2, 0) is 0 Å². The zero-order chi connectivity index (χ0) is 20.5. The number of hydrogen-bond donors (Lipinski definition) is 2. The maximum absolute atomic E-state index is 13.1. The van der Waals surface area contributed by atoms with Crippen LogP contribution in [0.5, 0.6) is 0 Å². The van der Waals surface area contributed by atoms with Gasteiger partial charge in [0.15, 0.2) is 0 Å². The molecule has 1 aromatic heterocycles. The van der Waals surface area contributed by atoms with Gasteiger partial charge in [-0.25, -0.2) is 0 Å². The molecule has 1 amide bonds. The molecule has 3 aromatic carbocycles. The van der Waals surface area contributed by atoms with Gasteiger partial charge in [-0.1, -0.05) is 59.6 Å². The zero-order valence-electron chi connectivity index (χ0n) is 15.0. The Morgan fingerprint density at radius 1 is 0.862 bits per heavy atom. The molecular formula is C22H15Cl2N3O2. The number of fused-ring (bicyclic) bond motifs is 1. The van der Waals surface area contributed by atoms with Crippen LogP contribution in [0.15, 0.2) is 72.8 Å². The first-order valence-electron chi connectivity index (χ1n) is 8.72. The van der Waals surface area contributed by atoms with Crippen molar-refractivity contribution in [1.82, 2.24) is 4.57 Å². The second kappa shape index (κ2) is 7.62. The lowest BCUT2D eigenvalue weighted by Crippen LogP contribution is -2.17. The van der Waals surface area contributed by atoms with Gasteiger partial charge in [-0.3, -0.25) is 14.2 Å². The number of aromatic nitrogens is 1. The third kappa shape index (κ3) is 3.46. The van der Waals surface area contributed by atoms with E-state index >= 15 is 0 Å². The molecule has 0 atom stereocenters. The van der Waals surface area contributed by atoms with E-state index in [4.69, 9.17) is 28.9 Å². The normalized spacial score (nSPS) is 10.8. The van der Waals surface area contributed by atoms with Gasteiger partial charge in [0.05, 0.1) is 21.1 Å². The Morgan fingerprint density at radius 3 is 2.28 bits per heavy atom. The Kier molecular flexibility index (Phi) is 5.01. The average Bonchev–Trinajstić information content (AvgIpc) is 3.02. The van der Waals surface area contributed by atoms with E-state index in [1.165, 1.54) is 4.57 Å². The number of halogens is 2. The molecule has 0 saturated carbocycles. The molecule has 0 bridgehead atoms. The number of rotatable bonds is 3. The molecule has 0 radical (unpaired) electrons. The van der Waals surface area contributed by atoms with E-state index in [-0.39, 0.29) is 17.3 Å². The smallest absolute Gasteiger partial charge is 0.263 e. The van der Waals surface area contributed by atoms with Gasteiger partial charge in [-0.2, -0.15) is 0 Å². The maximum Gasteiger partial charge on any atom is 0.263 e. The Morgan fingerprint density at radius 2 is 1.55 bits per heavy atom. The molecule has 5 nitrogen and oxygen atoms in total. The van der Waals surface area contributed by atoms with Gasteiger partial charge in [0.1, 0.15) is 5.82 Å². The number of benzene rings is 3. The highest BCUT2D eigenvalue weighted by atomic mass is 35.5. The van der Waals surface area contributed by atoms with Gasteiger partial charge in [-0.05, 0) is 36.4 Å². The van der Waals surface area contributed by atoms with Crippen LogP contribution >= 0.6 is 23.2 Å². The van der Waals surface area contributed by atoms with E-state index in [1.54, 1.807) is 66.7 Å². The molecule has 0 aliphatic heterocycles. The van der Waals surface area contributed by atoms with Crippen molar-refractivity contribution in [2.24, 2.45) is 0 Å². The average molecular weight is 424 g/mol. The van der Waals surface area contributed by atoms with Crippen molar-refractivity contribution in [3.8, 4) is 0 Å². The van der Waals surface area contributed by atoms with Crippen molar-refractivity contribution in [3.63, 3.8) is 0 Å². The minimum atomic E-state index is -0.447. The lowest BCUT2D eigenvalue weighted by Gasteiger charge is -2.08. The molecule has 1 heterocycles. The summed E-state index contributed by atoms with van der Waals surface area (Å²) in [6.07, 6.45) is 0. The van der Waals surface area contributed by atoms with Gasteiger partial charge >= 0.3 is 0 Å². The van der Waals surface area contributed by atoms with Crippen LogP contribution in [0, 0.1) is 0 Å². The summed E-state index contributed by atoms with van der Waals surface area (Å²) in [5.41, 5.74) is 8.01. The van der Waals surface area contributed by atoms with Gasteiger partial charge in [0, 0.05) is 16.6 Å². The third-order valence-electron chi connectivity index (χ3n) is 4.54.